The Labute approximate surface area is 137 Å². The summed E-state index contributed by atoms with van der Waals surface area (Å²) in [7, 11) is 0. The maximum Gasteiger partial charge on any atom is 0.220 e. The molecule has 3 nitrogen and oxygen atoms in total. The third-order valence-electron chi connectivity index (χ3n) is 3.31. The number of halogens is 1. The monoisotopic (exact) mass is 326 g/mol. The first-order chi connectivity index (χ1) is 11.2. The molecule has 0 aliphatic heterocycles. The molecule has 116 valence electrons. The van der Waals surface area contributed by atoms with Gasteiger partial charge in [-0.3, -0.25) is 0 Å². The van der Waals surface area contributed by atoms with Gasteiger partial charge >= 0.3 is 0 Å². The number of aromatic hydroxyl groups is 1. The Balaban J connectivity index is 1.74. The van der Waals surface area contributed by atoms with Crippen LogP contribution in [0.4, 0.5) is 4.39 Å². The molecule has 23 heavy (non-hydrogen) atoms. The Morgan fingerprint density at radius 2 is 1.96 bits per heavy atom. The van der Waals surface area contributed by atoms with E-state index < -0.39 is 5.95 Å². The van der Waals surface area contributed by atoms with Crippen molar-refractivity contribution in [1.29, 1.82) is 0 Å². The van der Waals surface area contributed by atoms with Gasteiger partial charge in [0.15, 0.2) is 0 Å². The van der Waals surface area contributed by atoms with E-state index in [0.29, 0.717) is 12.0 Å². The van der Waals surface area contributed by atoms with Gasteiger partial charge in [-0.2, -0.15) is 4.39 Å². The van der Waals surface area contributed by atoms with Gasteiger partial charge in [0.25, 0.3) is 0 Å². The molecular formula is C18H15FN2OS. The molecule has 1 aromatic carbocycles. The van der Waals surface area contributed by atoms with Crippen LogP contribution in [0.1, 0.15) is 23.2 Å². The van der Waals surface area contributed by atoms with Crippen LogP contribution in [-0.2, 0) is 6.42 Å². The number of nitrogens with zero attached hydrogens (tertiary/aromatic N) is 2. The van der Waals surface area contributed by atoms with Crippen molar-refractivity contribution in [3.8, 4) is 5.75 Å². The first-order valence-corrected chi connectivity index (χ1v) is 8.07. The minimum Gasteiger partial charge on any atom is -0.508 e. The lowest BCUT2D eigenvalue weighted by Crippen LogP contribution is -1.93. The maximum atomic E-state index is 13.7. The first-order valence-electron chi connectivity index (χ1n) is 7.25. The summed E-state index contributed by atoms with van der Waals surface area (Å²) in [6, 6.07) is 8.64. The second-order valence-electron chi connectivity index (χ2n) is 4.96. The van der Waals surface area contributed by atoms with E-state index in [0.717, 1.165) is 20.9 Å². The fraction of sp³-hybridized carbons (Fsp3) is 0.111. The summed E-state index contributed by atoms with van der Waals surface area (Å²) < 4.78 is 14.7. The number of thiazole rings is 1. The number of hydrogen-bond donors (Lipinski definition) is 1. The Morgan fingerprint density at radius 1 is 1.13 bits per heavy atom. The van der Waals surface area contributed by atoms with E-state index in [9.17, 15) is 9.50 Å². The second kappa shape index (κ2) is 6.71. The molecule has 3 rings (SSSR count). The van der Waals surface area contributed by atoms with E-state index >= 15 is 0 Å². The van der Waals surface area contributed by atoms with E-state index in [1.165, 1.54) is 11.3 Å². The molecule has 0 atom stereocenters. The highest BCUT2D eigenvalue weighted by molar-refractivity contribution is 7.19. The van der Waals surface area contributed by atoms with Crippen LogP contribution in [0.5, 0.6) is 5.75 Å². The predicted octanol–water partition coefficient (Wildman–Crippen LogP) is 4.83. The molecule has 3 aromatic rings. The summed E-state index contributed by atoms with van der Waals surface area (Å²) >= 11 is 1.49. The lowest BCUT2D eigenvalue weighted by atomic mass is 10.2. The molecule has 0 spiro atoms. The first kappa shape index (κ1) is 15.4. The van der Waals surface area contributed by atoms with E-state index in [2.05, 4.69) is 9.97 Å². The number of rotatable bonds is 4. The number of hydrogen-bond acceptors (Lipinski definition) is 4. The van der Waals surface area contributed by atoms with Gasteiger partial charge in [0, 0.05) is 11.3 Å². The number of phenols is 1. The summed E-state index contributed by atoms with van der Waals surface area (Å²) in [5.74, 6) is -0.223. The van der Waals surface area contributed by atoms with Gasteiger partial charge in [0.2, 0.25) is 5.95 Å². The van der Waals surface area contributed by atoms with Gasteiger partial charge in [-0.1, -0.05) is 25.2 Å². The zero-order valence-electron chi connectivity index (χ0n) is 12.5. The summed E-state index contributed by atoms with van der Waals surface area (Å²) in [6.07, 6.45) is 7.81. The molecule has 0 radical (unpaired) electrons. The zero-order chi connectivity index (χ0) is 16.2. The van der Waals surface area contributed by atoms with Gasteiger partial charge in [-0.15, -0.1) is 11.3 Å². The average Bonchev–Trinajstić information content (AvgIpc) is 2.94. The predicted molar refractivity (Wildman–Crippen MR) is 92.9 cm³/mol. The number of aryl methyl sites for hydroxylation is 1. The number of phenolic OH excluding ortho intramolecular Hbond substituents is 1. The Kier molecular flexibility index (Phi) is 4.48. The summed E-state index contributed by atoms with van der Waals surface area (Å²) in [4.78, 5) is 8.33. The fourth-order valence-corrected chi connectivity index (χ4v) is 3.02. The highest BCUT2D eigenvalue weighted by Gasteiger charge is 2.02. The molecule has 2 heterocycles. The van der Waals surface area contributed by atoms with Crippen LogP contribution in [0.15, 0.2) is 42.5 Å². The number of allylic oxidation sites excluding steroid dienone is 2. The van der Waals surface area contributed by atoms with Gasteiger partial charge in [0.05, 0.1) is 10.2 Å². The van der Waals surface area contributed by atoms with Crippen LogP contribution in [0.25, 0.3) is 22.4 Å². The molecule has 1 N–H and O–H groups in total. The standard InChI is InChI=1S/C18H15FN2OS/c1-2-13-8-7-12(18(19)20-13)5-3-4-6-17-21-15-10-9-14(22)11-16(15)23-17/h3-11,22H,2H2,1H3/b5-3+,6-4+. The Hall–Kier alpha value is -2.53. The molecule has 0 bridgehead atoms. The lowest BCUT2D eigenvalue weighted by Gasteiger charge is -1.98. The van der Waals surface area contributed by atoms with Crippen LogP contribution < -0.4 is 0 Å². The van der Waals surface area contributed by atoms with Crippen molar-refractivity contribution in [2.24, 2.45) is 0 Å². The zero-order valence-corrected chi connectivity index (χ0v) is 13.3. The highest BCUT2D eigenvalue weighted by atomic mass is 32.1. The quantitative estimate of drug-likeness (QED) is 0.552. The van der Waals surface area contributed by atoms with Gasteiger partial charge in [-0.05, 0) is 42.8 Å². The molecule has 0 unspecified atom stereocenters. The molecule has 0 aliphatic carbocycles. The van der Waals surface area contributed by atoms with Crippen molar-refractivity contribution in [2.75, 3.05) is 0 Å². The molecule has 0 aliphatic rings. The topological polar surface area (TPSA) is 46.0 Å². The summed E-state index contributed by atoms with van der Waals surface area (Å²) in [5.41, 5.74) is 2.05. The smallest absolute Gasteiger partial charge is 0.220 e. The summed E-state index contributed by atoms with van der Waals surface area (Å²) in [5, 5.41) is 10.3. The minimum atomic E-state index is -0.454. The van der Waals surface area contributed by atoms with Crippen LogP contribution in [-0.4, -0.2) is 15.1 Å². The van der Waals surface area contributed by atoms with E-state index in [1.54, 1.807) is 36.4 Å². The van der Waals surface area contributed by atoms with E-state index in [1.807, 2.05) is 25.1 Å². The van der Waals surface area contributed by atoms with Gasteiger partial charge < -0.3 is 5.11 Å². The normalized spacial score (nSPS) is 11.9. The fourth-order valence-electron chi connectivity index (χ4n) is 2.10. The molecule has 0 saturated carbocycles. The molecule has 0 amide bonds. The van der Waals surface area contributed by atoms with Gasteiger partial charge in [0.1, 0.15) is 10.8 Å². The number of fused-ring (bicyclic) bond motifs is 1. The van der Waals surface area contributed by atoms with Crippen LogP contribution in [0.3, 0.4) is 0 Å². The van der Waals surface area contributed by atoms with Crippen molar-refractivity contribution >= 4 is 33.7 Å². The molecule has 2 aromatic heterocycles. The lowest BCUT2D eigenvalue weighted by molar-refractivity contribution is 0.476. The molecular weight excluding hydrogens is 311 g/mol. The van der Waals surface area contributed by atoms with Crippen molar-refractivity contribution in [3.63, 3.8) is 0 Å². The van der Waals surface area contributed by atoms with Crippen LogP contribution in [0, 0.1) is 5.95 Å². The van der Waals surface area contributed by atoms with Crippen molar-refractivity contribution in [3.05, 3.63) is 64.7 Å². The van der Waals surface area contributed by atoms with Crippen LogP contribution >= 0.6 is 11.3 Å². The number of aromatic nitrogens is 2. The second-order valence-corrected chi connectivity index (χ2v) is 6.02. The Bertz CT molecular complexity index is 899. The van der Waals surface area contributed by atoms with Crippen molar-refractivity contribution in [2.45, 2.75) is 13.3 Å². The third kappa shape index (κ3) is 3.63. The highest BCUT2D eigenvalue weighted by Crippen LogP contribution is 2.26. The third-order valence-corrected chi connectivity index (χ3v) is 4.30. The van der Waals surface area contributed by atoms with Crippen LogP contribution in [0.2, 0.25) is 0 Å². The molecule has 5 heteroatoms. The number of pyridine rings is 1. The minimum absolute atomic E-state index is 0.232. The van der Waals surface area contributed by atoms with E-state index in [-0.39, 0.29) is 5.75 Å². The van der Waals surface area contributed by atoms with Gasteiger partial charge in [-0.25, -0.2) is 9.97 Å². The molecule has 0 saturated heterocycles. The summed E-state index contributed by atoms with van der Waals surface area (Å²) in [6.45, 7) is 1.94. The van der Waals surface area contributed by atoms with Crippen molar-refractivity contribution < 1.29 is 9.50 Å². The maximum absolute atomic E-state index is 13.7. The SMILES string of the molecule is CCc1ccc(/C=C/C=C/c2nc3ccc(O)cc3s2)c(F)n1. The number of benzene rings is 1. The molecule has 0 fully saturated rings. The van der Waals surface area contributed by atoms with Crippen molar-refractivity contribution in [1.82, 2.24) is 9.97 Å². The largest absolute Gasteiger partial charge is 0.508 e. The Morgan fingerprint density at radius 3 is 2.74 bits per heavy atom. The average molecular weight is 326 g/mol. The van der Waals surface area contributed by atoms with E-state index in [4.69, 9.17) is 0 Å².